The Balaban J connectivity index is 1.52. The number of para-hydroxylation sites is 2. The van der Waals surface area contributed by atoms with Crippen molar-refractivity contribution in [3.63, 3.8) is 0 Å². The van der Waals surface area contributed by atoms with E-state index in [1.807, 2.05) is 30.3 Å². The minimum absolute atomic E-state index is 0.0909. The molecular formula is C25H17F3N4O2S. The third kappa shape index (κ3) is 4.83. The standard InChI is InChI=1S/C25H17F3N4O2S/c26-25(27,28)18-11-5-7-13-20(18)32-23(33)17-10-4-6-12-19(17)29-24(32)35-15-22-30-21(31-34-22)14-16-8-2-1-3-9-16/h1-13H,14-15H2. The van der Waals surface area contributed by atoms with E-state index in [-0.39, 0.29) is 27.9 Å². The smallest absolute Gasteiger partial charge is 0.338 e. The second-order valence-electron chi connectivity index (χ2n) is 7.62. The number of hydrogen-bond donors (Lipinski definition) is 0. The fourth-order valence-electron chi connectivity index (χ4n) is 3.66. The van der Waals surface area contributed by atoms with E-state index in [1.165, 1.54) is 18.2 Å². The highest BCUT2D eigenvalue weighted by Crippen LogP contribution is 2.35. The van der Waals surface area contributed by atoms with E-state index in [1.54, 1.807) is 24.3 Å². The van der Waals surface area contributed by atoms with E-state index in [0.29, 0.717) is 17.8 Å². The average molecular weight is 494 g/mol. The number of hydrogen-bond acceptors (Lipinski definition) is 6. The van der Waals surface area contributed by atoms with Gasteiger partial charge in [0.25, 0.3) is 5.56 Å². The van der Waals surface area contributed by atoms with Gasteiger partial charge in [0.1, 0.15) is 0 Å². The van der Waals surface area contributed by atoms with Crippen LogP contribution >= 0.6 is 11.8 Å². The van der Waals surface area contributed by atoms with Gasteiger partial charge in [-0.1, -0.05) is 71.5 Å². The summed E-state index contributed by atoms with van der Waals surface area (Å²) in [5, 5.41) is 4.29. The zero-order valence-corrected chi connectivity index (χ0v) is 18.9. The maximum Gasteiger partial charge on any atom is 0.418 e. The number of fused-ring (bicyclic) bond motifs is 1. The van der Waals surface area contributed by atoms with Gasteiger partial charge in [-0.15, -0.1) is 0 Å². The van der Waals surface area contributed by atoms with Crippen LogP contribution in [0.4, 0.5) is 13.2 Å². The van der Waals surface area contributed by atoms with Crippen molar-refractivity contribution < 1.29 is 17.7 Å². The molecule has 176 valence electrons. The first-order valence-electron chi connectivity index (χ1n) is 10.6. The highest BCUT2D eigenvalue weighted by Gasteiger charge is 2.34. The second kappa shape index (κ2) is 9.38. The molecule has 0 fully saturated rings. The normalized spacial score (nSPS) is 11.7. The zero-order valence-electron chi connectivity index (χ0n) is 18.1. The van der Waals surface area contributed by atoms with E-state index in [2.05, 4.69) is 15.1 Å². The van der Waals surface area contributed by atoms with Crippen LogP contribution in [0, 0.1) is 0 Å². The van der Waals surface area contributed by atoms with Gasteiger partial charge in [0, 0.05) is 6.42 Å². The van der Waals surface area contributed by atoms with Crippen molar-refractivity contribution in [3.05, 3.63) is 112 Å². The summed E-state index contributed by atoms with van der Waals surface area (Å²) >= 11 is 1.05. The highest BCUT2D eigenvalue weighted by atomic mass is 32.2. The predicted molar refractivity (Wildman–Crippen MR) is 125 cm³/mol. The summed E-state index contributed by atoms with van der Waals surface area (Å²) in [7, 11) is 0. The minimum atomic E-state index is -4.65. The third-order valence-corrected chi connectivity index (χ3v) is 6.16. The molecule has 0 atom stereocenters. The van der Waals surface area contributed by atoms with Gasteiger partial charge in [-0.3, -0.25) is 9.36 Å². The van der Waals surface area contributed by atoms with Crippen LogP contribution in [0.25, 0.3) is 16.6 Å². The molecule has 5 aromatic rings. The maximum atomic E-state index is 13.8. The van der Waals surface area contributed by atoms with Crippen LogP contribution in [0.3, 0.4) is 0 Å². The van der Waals surface area contributed by atoms with Gasteiger partial charge in [-0.2, -0.15) is 18.2 Å². The summed E-state index contributed by atoms with van der Waals surface area (Å²) in [5.41, 5.74) is -0.410. The lowest BCUT2D eigenvalue weighted by Gasteiger charge is -2.17. The Hall–Kier alpha value is -3.92. The largest absolute Gasteiger partial charge is 0.418 e. The Labute approximate surface area is 201 Å². The number of halogens is 3. The van der Waals surface area contributed by atoms with Crippen LogP contribution in [-0.2, 0) is 18.3 Å². The van der Waals surface area contributed by atoms with E-state index < -0.39 is 17.3 Å². The van der Waals surface area contributed by atoms with Crippen molar-refractivity contribution in [1.29, 1.82) is 0 Å². The monoisotopic (exact) mass is 494 g/mol. The van der Waals surface area contributed by atoms with Gasteiger partial charge in [0.2, 0.25) is 5.89 Å². The average Bonchev–Trinajstić information content (AvgIpc) is 3.30. The van der Waals surface area contributed by atoms with Crippen LogP contribution in [0.2, 0.25) is 0 Å². The van der Waals surface area contributed by atoms with Crippen LogP contribution in [-0.4, -0.2) is 19.7 Å². The first-order valence-corrected chi connectivity index (χ1v) is 11.6. The molecular weight excluding hydrogens is 477 g/mol. The number of alkyl halides is 3. The van der Waals surface area contributed by atoms with Crippen molar-refractivity contribution >= 4 is 22.7 Å². The molecule has 10 heteroatoms. The number of aromatic nitrogens is 4. The Morgan fingerprint density at radius 1 is 0.886 bits per heavy atom. The summed E-state index contributed by atoms with van der Waals surface area (Å²) < 4.78 is 47.6. The molecule has 2 aromatic heterocycles. The van der Waals surface area contributed by atoms with Crippen molar-refractivity contribution in [2.75, 3.05) is 0 Å². The molecule has 0 saturated heterocycles. The Morgan fingerprint density at radius 2 is 1.60 bits per heavy atom. The topological polar surface area (TPSA) is 73.8 Å². The SMILES string of the molecule is O=c1c2ccccc2nc(SCc2nc(Cc3ccccc3)no2)n1-c1ccccc1C(F)(F)F. The van der Waals surface area contributed by atoms with Crippen LogP contribution < -0.4 is 5.56 Å². The lowest BCUT2D eigenvalue weighted by atomic mass is 10.1. The molecule has 0 aliphatic rings. The summed E-state index contributed by atoms with van der Waals surface area (Å²) in [4.78, 5) is 22.2. The summed E-state index contributed by atoms with van der Waals surface area (Å²) in [6.07, 6.45) is -4.17. The van der Waals surface area contributed by atoms with Gasteiger partial charge in [-0.25, -0.2) is 4.98 Å². The van der Waals surface area contributed by atoms with Crippen LogP contribution in [0.5, 0.6) is 0 Å². The van der Waals surface area contributed by atoms with E-state index in [0.717, 1.165) is 28.0 Å². The molecule has 0 spiro atoms. The second-order valence-corrected chi connectivity index (χ2v) is 8.56. The van der Waals surface area contributed by atoms with Crippen molar-refractivity contribution in [2.24, 2.45) is 0 Å². The summed E-state index contributed by atoms with van der Waals surface area (Å²) in [6, 6.07) is 21.1. The van der Waals surface area contributed by atoms with Crippen LogP contribution in [0.15, 0.2) is 93.3 Å². The minimum Gasteiger partial charge on any atom is -0.338 e. The molecule has 0 unspecified atom stereocenters. The first kappa shape index (κ1) is 22.9. The third-order valence-electron chi connectivity index (χ3n) is 5.24. The molecule has 5 rings (SSSR count). The van der Waals surface area contributed by atoms with Crippen molar-refractivity contribution in [3.8, 4) is 5.69 Å². The van der Waals surface area contributed by atoms with Crippen molar-refractivity contribution in [1.82, 2.24) is 19.7 Å². The molecule has 0 saturated carbocycles. The quantitative estimate of drug-likeness (QED) is 0.224. The van der Waals surface area contributed by atoms with Gasteiger partial charge in [-0.05, 0) is 29.8 Å². The van der Waals surface area contributed by atoms with Gasteiger partial charge < -0.3 is 4.52 Å². The van der Waals surface area contributed by atoms with E-state index in [9.17, 15) is 18.0 Å². The van der Waals surface area contributed by atoms with Crippen molar-refractivity contribution in [2.45, 2.75) is 23.5 Å². The molecule has 35 heavy (non-hydrogen) atoms. The lowest BCUT2D eigenvalue weighted by molar-refractivity contribution is -0.137. The maximum absolute atomic E-state index is 13.8. The Morgan fingerprint density at radius 3 is 2.40 bits per heavy atom. The number of rotatable bonds is 6. The van der Waals surface area contributed by atoms with Crippen LogP contribution in [0.1, 0.15) is 22.8 Å². The highest BCUT2D eigenvalue weighted by molar-refractivity contribution is 7.98. The first-order chi connectivity index (χ1) is 16.9. The Kier molecular flexibility index (Phi) is 6.12. The van der Waals surface area contributed by atoms with Gasteiger partial charge >= 0.3 is 6.18 Å². The molecule has 0 bridgehead atoms. The molecule has 6 nitrogen and oxygen atoms in total. The predicted octanol–water partition coefficient (Wildman–Crippen LogP) is 5.67. The summed E-state index contributed by atoms with van der Waals surface area (Å²) in [6.45, 7) is 0. The molecule has 0 radical (unpaired) electrons. The number of thioether (sulfide) groups is 1. The molecule has 0 amide bonds. The molecule has 0 N–H and O–H groups in total. The fourth-order valence-corrected chi connectivity index (χ4v) is 4.50. The molecule has 0 aliphatic carbocycles. The Bertz CT molecular complexity index is 1550. The number of nitrogens with zero attached hydrogens (tertiary/aromatic N) is 4. The summed E-state index contributed by atoms with van der Waals surface area (Å²) in [5.74, 6) is 0.887. The lowest BCUT2D eigenvalue weighted by Crippen LogP contribution is -2.24. The fraction of sp³-hybridized carbons (Fsp3) is 0.120. The number of benzene rings is 3. The molecule has 3 aromatic carbocycles. The zero-order chi connectivity index (χ0) is 24.4. The van der Waals surface area contributed by atoms with Gasteiger partial charge in [0.15, 0.2) is 11.0 Å². The molecule has 0 aliphatic heterocycles. The van der Waals surface area contributed by atoms with Gasteiger partial charge in [0.05, 0.1) is 27.9 Å². The van der Waals surface area contributed by atoms with E-state index >= 15 is 0 Å². The molecule has 2 heterocycles. The van der Waals surface area contributed by atoms with E-state index in [4.69, 9.17) is 4.52 Å².